The molecule has 2 aliphatic rings. The van der Waals surface area contributed by atoms with Gasteiger partial charge in [-0.3, -0.25) is 9.59 Å². The molecule has 3 aromatic heterocycles. The van der Waals surface area contributed by atoms with Crippen LogP contribution in [0.15, 0.2) is 67.0 Å². The molecule has 4 atom stereocenters. The number of imidazole rings is 2. The van der Waals surface area contributed by atoms with Gasteiger partial charge in [0.1, 0.15) is 23.7 Å². The molecule has 4 N–H and O–H groups in total. The highest BCUT2D eigenvalue weighted by molar-refractivity contribution is 5.88. The average molecular weight is 790 g/mol. The fourth-order valence-electron chi connectivity index (χ4n) is 7.97. The Bertz CT molecular complexity index is 2280. The van der Waals surface area contributed by atoms with Crippen LogP contribution in [0.4, 0.5) is 9.59 Å². The molecule has 5 aromatic rings. The van der Waals surface area contributed by atoms with Crippen LogP contribution in [0.2, 0.25) is 0 Å². The van der Waals surface area contributed by atoms with Gasteiger partial charge in [0, 0.05) is 29.6 Å². The molecule has 2 saturated heterocycles. The molecule has 58 heavy (non-hydrogen) atoms. The maximum Gasteiger partial charge on any atom is 0.407 e. The highest BCUT2D eigenvalue weighted by atomic mass is 16.5. The van der Waals surface area contributed by atoms with E-state index in [-0.39, 0.29) is 35.7 Å². The molecule has 0 radical (unpaired) electrons. The summed E-state index contributed by atoms with van der Waals surface area (Å²) in [5, 5.41) is 6.37. The van der Waals surface area contributed by atoms with Gasteiger partial charge >= 0.3 is 12.2 Å². The van der Waals surface area contributed by atoms with Crippen LogP contribution < -0.4 is 10.6 Å². The van der Waals surface area contributed by atoms with Crippen LogP contribution in [-0.4, -0.2) is 98.1 Å². The Balaban J connectivity index is 1.02. The average Bonchev–Trinajstić information content (AvgIpc) is 4.07. The molecule has 0 aliphatic carbocycles. The zero-order valence-corrected chi connectivity index (χ0v) is 33.7. The smallest absolute Gasteiger partial charge is 0.407 e. The molecule has 2 fully saturated rings. The number of ether oxygens (including phenoxy) is 2. The number of likely N-dealkylation sites (tertiary alicyclic amines) is 2. The molecule has 3 unspecified atom stereocenters. The first-order valence-electron chi connectivity index (χ1n) is 19.9. The summed E-state index contributed by atoms with van der Waals surface area (Å²) in [6.07, 6.45) is 5.57. The van der Waals surface area contributed by atoms with E-state index in [1.165, 1.54) is 14.2 Å². The van der Waals surface area contributed by atoms with Gasteiger partial charge in [-0.15, -0.1) is 0 Å². The highest BCUT2D eigenvalue weighted by Crippen LogP contribution is 2.35. The Morgan fingerprint density at radius 1 is 0.672 bits per heavy atom. The zero-order chi connectivity index (χ0) is 41.1. The van der Waals surface area contributed by atoms with E-state index in [4.69, 9.17) is 19.4 Å². The lowest BCUT2D eigenvalue weighted by molar-refractivity contribution is -0.136. The lowest BCUT2D eigenvalue weighted by atomic mass is 10.0. The van der Waals surface area contributed by atoms with Crippen molar-refractivity contribution < 1.29 is 28.7 Å². The third-order valence-corrected chi connectivity index (χ3v) is 11.2. The van der Waals surface area contributed by atoms with E-state index in [9.17, 15) is 19.2 Å². The summed E-state index contributed by atoms with van der Waals surface area (Å²) in [6.45, 7) is 8.77. The van der Waals surface area contributed by atoms with Crippen molar-refractivity contribution in [1.29, 1.82) is 0 Å². The van der Waals surface area contributed by atoms with Gasteiger partial charge in [-0.25, -0.2) is 24.5 Å². The Hall–Kier alpha value is -6.25. The molecule has 0 spiro atoms. The number of carbonyl (C=O) groups excluding carboxylic acids is 4. The molecule has 15 nitrogen and oxygen atoms in total. The number of nitrogens with zero attached hydrogens (tertiary/aromatic N) is 5. The number of carbonyl (C=O) groups is 4. The second-order valence-electron chi connectivity index (χ2n) is 15.6. The van der Waals surface area contributed by atoms with Crippen LogP contribution in [0.25, 0.3) is 44.7 Å². The first kappa shape index (κ1) is 40.0. The third-order valence-electron chi connectivity index (χ3n) is 11.2. The predicted octanol–water partition coefficient (Wildman–Crippen LogP) is 6.77. The maximum absolute atomic E-state index is 13.6. The number of benzene rings is 2. The Morgan fingerprint density at radius 3 is 1.66 bits per heavy atom. The fraction of sp³-hybridized carbons (Fsp3) is 0.419. The van der Waals surface area contributed by atoms with E-state index in [0.29, 0.717) is 24.7 Å². The van der Waals surface area contributed by atoms with Crippen molar-refractivity contribution in [2.24, 2.45) is 11.8 Å². The van der Waals surface area contributed by atoms with Crippen LogP contribution in [0, 0.1) is 11.8 Å². The zero-order valence-electron chi connectivity index (χ0n) is 33.7. The maximum atomic E-state index is 13.6. The molecule has 304 valence electrons. The minimum absolute atomic E-state index is 0.109. The SMILES string of the molecule is COC(=O)NC(C(=O)N1CCCC1c1ncc(-c2ccc(-c3ccc4cc(-c5cnc(C6CCCN6C(=O)[C@@H](NC(=O)OC)C(C)C)[nH]5)ccc4n3)cc2)[nH]1)C(C)C. The standard InChI is InChI=1S/C43H51N9O6/c1-24(2)36(49-42(55)57-5)40(53)51-19-7-9-34(51)38-44-22-32(47-38)27-13-11-26(12-14-27)30-17-15-28-21-29(16-18-31(28)46-30)33-23-45-39(48-33)35-10-8-20-52(35)41(54)37(25(3)4)50-43(56)58-6/h11-18,21-25,34-37H,7-10,19-20H2,1-6H3,(H,44,47)(H,45,48)(H,49,55)(H,50,56)/t34?,35?,36?,37-/m0/s1. The monoisotopic (exact) mass is 789 g/mol. The number of aromatic amines is 2. The van der Waals surface area contributed by atoms with Crippen LogP contribution in [0.5, 0.6) is 0 Å². The number of pyridine rings is 1. The first-order valence-corrected chi connectivity index (χ1v) is 19.9. The molecule has 4 amide bonds. The molecule has 2 aliphatic heterocycles. The topological polar surface area (TPSA) is 188 Å². The summed E-state index contributed by atoms with van der Waals surface area (Å²) in [6, 6.07) is 16.5. The lowest BCUT2D eigenvalue weighted by Gasteiger charge is -2.30. The highest BCUT2D eigenvalue weighted by Gasteiger charge is 2.39. The summed E-state index contributed by atoms with van der Waals surface area (Å²) in [5.74, 6) is 0.918. The van der Waals surface area contributed by atoms with Crippen LogP contribution in [0.3, 0.4) is 0 Å². The first-order chi connectivity index (χ1) is 27.9. The number of methoxy groups -OCH3 is 2. The van der Waals surface area contributed by atoms with E-state index in [0.717, 1.165) is 70.4 Å². The van der Waals surface area contributed by atoms with Crippen molar-refractivity contribution >= 4 is 34.9 Å². The summed E-state index contributed by atoms with van der Waals surface area (Å²) >= 11 is 0. The van der Waals surface area contributed by atoms with Crippen LogP contribution in [-0.2, 0) is 19.1 Å². The Morgan fingerprint density at radius 2 is 1.16 bits per heavy atom. The summed E-state index contributed by atoms with van der Waals surface area (Å²) in [4.78, 5) is 75.9. The number of H-pyrrole nitrogens is 2. The number of hydrogen-bond acceptors (Lipinski definition) is 9. The van der Waals surface area contributed by atoms with Crippen molar-refractivity contribution in [1.82, 2.24) is 45.4 Å². The van der Waals surface area contributed by atoms with Gasteiger partial charge < -0.3 is 39.9 Å². The normalized spacial score (nSPS) is 17.8. The Kier molecular flexibility index (Phi) is 11.8. The lowest BCUT2D eigenvalue weighted by Crippen LogP contribution is -2.51. The summed E-state index contributed by atoms with van der Waals surface area (Å²) in [7, 11) is 2.58. The van der Waals surface area contributed by atoms with Gasteiger partial charge in [0.15, 0.2) is 0 Å². The van der Waals surface area contributed by atoms with Crippen LogP contribution >= 0.6 is 0 Å². The summed E-state index contributed by atoms with van der Waals surface area (Å²) < 4.78 is 9.52. The van der Waals surface area contributed by atoms with Gasteiger partial charge in [-0.1, -0.05) is 64.1 Å². The quantitative estimate of drug-likeness (QED) is 0.112. The van der Waals surface area contributed by atoms with E-state index >= 15 is 0 Å². The fourth-order valence-corrected chi connectivity index (χ4v) is 7.97. The van der Waals surface area contributed by atoms with Crippen molar-refractivity contribution in [3.8, 4) is 33.8 Å². The van der Waals surface area contributed by atoms with Crippen molar-refractivity contribution in [2.75, 3.05) is 27.3 Å². The third kappa shape index (κ3) is 8.25. The number of alkyl carbamates (subject to hydrolysis) is 2. The van der Waals surface area contributed by atoms with E-state index < -0.39 is 24.3 Å². The molecule has 0 bridgehead atoms. The number of fused-ring (bicyclic) bond motifs is 1. The predicted molar refractivity (Wildman–Crippen MR) is 218 cm³/mol. The number of rotatable bonds is 11. The van der Waals surface area contributed by atoms with E-state index in [1.807, 2.05) is 70.2 Å². The van der Waals surface area contributed by atoms with Gasteiger partial charge in [0.2, 0.25) is 11.8 Å². The largest absolute Gasteiger partial charge is 0.453 e. The van der Waals surface area contributed by atoms with E-state index in [2.05, 4.69) is 37.7 Å². The minimum atomic E-state index is -0.695. The Labute approximate surface area is 337 Å². The molecular weight excluding hydrogens is 739 g/mol. The van der Waals surface area contributed by atoms with Crippen molar-refractivity contribution in [3.05, 3.63) is 78.6 Å². The molecule has 5 heterocycles. The van der Waals surface area contributed by atoms with Crippen molar-refractivity contribution in [3.63, 3.8) is 0 Å². The second kappa shape index (κ2) is 17.1. The number of nitrogens with one attached hydrogen (secondary N) is 4. The van der Waals surface area contributed by atoms with Gasteiger partial charge in [0.25, 0.3) is 0 Å². The molecule has 7 rings (SSSR count). The number of aromatic nitrogens is 5. The molecule has 0 saturated carbocycles. The minimum Gasteiger partial charge on any atom is -0.453 e. The van der Waals surface area contributed by atoms with Gasteiger partial charge in [-0.2, -0.15) is 0 Å². The van der Waals surface area contributed by atoms with Gasteiger partial charge in [0.05, 0.1) is 61.3 Å². The molecule has 2 aromatic carbocycles. The molecular formula is C43H51N9O6. The van der Waals surface area contributed by atoms with Crippen LogP contribution in [0.1, 0.15) is 77.1 Å². The number of amides is 4. The second-order valence-corrected chi connectivity index (χ2v) is 15.6. The van der Waals surface area contributed by atoms with Gasteiger partial charge in [-0.05, 0) is 61.3 Å². The van der Waals surface area contributed by atoms with E-state index in [1.54, 1.807) is 22.2 Å². The molecule has 15 heteroatoms. The van der Waals surface area contributed by atoms with Crippen molar-refractivity contribution in [2.45, 2.75) is 77.5 Å². The summed E-state index contributed by atoms with van der Waals surface area (Å²) in [5.41, 5.74) is 6.26. The number of hydrogen-bond donors (Lipinski definition) is 4.